The van der Waals surface area contributed by atoms with Crippen molar-refractivity contribution in [3.63, 3.8) is 0 Å². The Labute approximate surface area is 443 Å². The number of unbranched alkanes of at least 4 members (excludes halogenated alkanes) is 19. The fourth-order valence-electron chi connectivity index (χ4n) is 7.79. The van der Waals surface area contributed by atoms with Crippen LogP contribution in [-0.2, 0) is 47.7 Å². The highest BCUT2D eigenvalue weighted by Gasteiger charge is 2.55. The molecule has 0 rings (SSSR count). The van der Waals surface area contributed by atoms with Gasteiger partial charge in [-0.2, -0.15) is 52.7 Å². The molecule has 16 nitrogen and oxygen atoms in total. The Bertz CT molecular complexity index is 1630. The zero-order chi connectivity index (χ0) is 58.3. The fourth-order valence-corrected chi connectivity index (χ4v) is 7.79. The van der Waals surface area contributed by atoms with Crippen molar-refractivity contribution in [2.24, 2.45) is 17.4 Å². The minimum Gasteiger partial charge on any atom is -0.452 e. The third kappa shape index (κ3) is 37.3. The number of ether oxygens (including phenoxy) is 4. The summed E-state index contributed by atoms with van der Waals surface area (Å²) in [6.45, 7) is 5.65. The maximum Gasteiger partial charge on any atom is 0.490 e. The van der Waals surface area contributed by atoms with Gasteiger partial charge >= 0.3 is 48.6 Å². The average Bonchev–Trinajstić information content (AvgIpc) is 3.33. The number of rotatable bonds is 45. The van der Waals surface area contributed by atoms with E-state index in [0.29, 0.717) is 51.2 Å². The number of amides is 2. The number of halogens is 12. The largest absolute Gasteiger partial charge is 0.490 e. The van der Waals surface area contributed by atoms with Gasteiger partial charge in [-0.25, -0.2) is 19.2 Å². The van der Waals surface area contributed by atoms with E-state index in [1.54, 1.807) is 0 Å². The highest BCUT2D eigenvalue weighted by Crippen LogP contribution is 2.30. The summed E-state index contributed by atoms with van der Waals surface area (Å²) in [5.41, 5.74) is 11.2. The quantitative estimate of drug-likeness (QED) is 0.0145. The van der Waals surface area contributed by atoms with Crippen molar-refractivity contribution in [3.05, 3.63) is 0 Å². The molecule has 0 spiro atoms. The summed E-state index contributed by atoms with van der Waals surface area (Å²) < 4.78 is 173. The van der Waals surface area contributed by atoms with Crippen LogP contribution >= 0.6 is 0 Å². The van der Waals surface area contributed by atoms with E-state index in [1.807, 2.05) is 5.32 Å². The second kappa shape index (κ2) is 40.9. The molecule has 2 amide bonds. The molecule has 0 aliphatic carbocycles. The summed E-state index contributed by atoms with van der Waals surface area (Å²) in [6.07, 6.45) is -15.8. The Morgan fingerprint density at radius 2 is 0.740 bits per heavy atom. The summed E-state index contributed by atoms with van der Waals surface area (Å²) in [6, 6.07) is 0. The molecule has 28 heteroatoms. The number of carbonyl (C=O) groups excluding carboxylic acids is 6. The molecule has 0 aromatic heterocycles. The van der Waals surface area contributed by atoms with E-state index in [0.717, 1.165) is 155 Å². The van der Waals surface area contributed by atoms with Gasteiger partial charge in [-0.3, -0.25) is 9.59 Å². The molecule has 0 aromatic carbocycles. The van der Waals surface area contributed by atoms with Crippen molar-refractivity contribution >= 4 is 35.7 Å². The standard InChI is InChI=1S/C49H82F12N6O10/c1-35(74-42(70)46(50,51)52)38(75-43(71)47(53,54)55)39(76-44(72)48(56,57)58)40(77-45(73)49(59,60)61)41(69)67-32-22-15-12-10-8-6-4-2-3-5-7-9-11-13-18-26-37(68)66-31-21-16-14-17-25-36(33-64-29-23-19-27-62)34-65-30-24-20-28-63/h35-36,38-40,64-65H,2-34,62-63H2,1H3,(H,66,68)(H,67,69)/t35-,38-,39+,40-/m1/s1. The molecule has 0 aliphatic heterocycles. The summed E-state index contributed by atoms with van der Waals surface area (Å²) in [5.74, 6) is -15.1. The first-order valence-electron chi connectivity index (χ1n) is 26.6. The van der Waals surface area contributed by atoms with Crippen LogP contribution in [0.5, 0.6) is 0 Å². The summed E-state index contributed by atoms with van der Waals surface area (Å²) in [7, 11) is 0. The number of esters is 4. The van der Waals surface area contributed by atoms with Gasteiger partial charge in [0.2, 0.25) is 12.0 Å². The van der Waals surface area contributed by atoms with Crippen molar-refractivity contribution in [2.75, 3.05) is 52.4 Å². The summed E-state index contributed by atoms with van der Waals surface area (Å²) >= 11 is 0. The van der Waals surface area contributed by atoms with Crippen LogP contribution in [0.25, 0.3) is 0 Å². The Kier molecular flexibility index (Phi) is 38.7. The van der Waals surface area contributed by atoms with E-state index in [1.165, 1.54) is 0 Å². The van der Waals surface area contributed by atoms with Crippen LogP contribution in [0.3, 0.4) is 0 Å². The van der Waals surface area contributed by atoms with Gasteiger partial charge in [0, 0.05) is 19.5 Å². The molecule has 0 aromatic rings. The van der Waals surface area contributed by atoms with Crippen molar-refractivity contribution < 1.29 is 100 Å². The molecule has 0 bridgehead atoms. The SMILES string of the molecule is C[C@@H](OC(=O)C(F)(F)F)[C@@H](OC(=O)C(F)(F)F)[C@H](OC(=O)C(F)(F)F)[C@@H](OC(=O)C(F)(F)F)C(=O)NCCCCCCCCCCCCCCCCCC(=O)NCCCCCCC(CNCCCCN)CNCCCCN. The Morgan fingerprint density at radius 1 is 0.403 bits per heavy atom. The van der Waals surface area contributed by atoms with Crippen molar-refractivity contribution in [2.45, 2.75) is 217 Å². The smallest absolute Gasteiger partial charge is 0.452 e. The minimum atomic E-state index is -6.18. The molecule has 77 heavy (non-hydrogen) atoms. The maximum atomic E-state index is 13.3. The molecule has 0 radical (unpaired) electrons. The predicted molar refractivity (Wildman–Crippen MR) is 258 cm³/mol. The molecule has 0 aliphatic rings. The zero-order valence-electron chi connectivity index (χ0n) is 44.0. The lowest BCUT2D eigenvalue weighted by Gasteiger charge is -2.34. The summed E-state index contributed by atoms with van der Waals surface area (Å²) in [4.78, 5) is 72.1. The van der Waals surface area contributed by atoms with Gasteiger partial charge < -0.3 is 51.7 Å². The van der Waals surface area contributed by atoms with Gasteiger partial charge in [0.15, 0.2) is 12.2 Å². The Morgan fingerprint density at radius 3 is 1.16 bits per heavy atom. The molecular weight excluding hydrogens is 1060 g/mol. The molecular formula is C49H82F12N6O10. The molecule has 8 N–H and O–H groups in total. The first-order chi connectivity index (χ1) is 36.2. The zero-order valence-corrected chi connectivity index (χ0v) is 44.0. The number of hydrogen-bond donors (Lipinski definition) is 6. The van der Waals surface area contributed by atoms with E-state index < -0.39 is 85.5 Å². The van der Waals surface area contributed by atoms with Gasteiger partial charge in [-0.15, -0.1) is 0 Å². The van der Waals surface area contributed by atoms with Crippen LogP contribution in [0.2, 0.25) is 0 Å². The predicted octanol–water partition coefficient (Wildman–Crippen LogP) is 8.60. The van der Waals surface area contributed by atoms with E-state index >= 15 is 0 Å². The number of hydrogen-bond acceptors (Lipinski definition) is 14. The summed E-state index contributed by atoms with van der Waals surface area (Å²) in [5, 5.41) is 12.0. The topological polar surface area (TPSA) is 240 Å². The number of alkyl halides is 12. The molecule has 0 saturated carbocycles. The molecule has 0 unspecified atom stereocenters. The van der Waals surface area contributed by atoms with Crippen LogP contribution in [0.15, 0.2) is 0 Å². The lowest BCUT2D eigenvalue weighted by atomic mass is 10.00. The van der Waals surface area contributed by atoms with Crippen LogP contribution in [0.4, 0.5) is 52.7 Å². The van der Waals surface area contributed by atoms with Crippen LogP contribution in [0, 0.1) is 5.92 Å². The Hall–Kier alpha value is -4.18. The maximum absolute atomic E-state index is 13.3. The fraction of sp³-hybridized carbons (Fsp3) is 0.878. The third-order valence-electron chi connectivity index (χ3n) is 12.0. The van der Waals surface area contributed by atoms with Gasteiger partial charge in [0.1, 0.15) is 6.10 Å². The van der Waals surface area contributed by atoms with Crippen LogP contribution < -0.4 is 32.7 Å². The highest BCUT2D eigenvalue weighted by atomic mass is 19.4. The molecule has 452 valence electrons. The third-order valence-corrected chi connectivity index (χ3v) is 12.0. The lowest BCUT2D eigenvalue weighted by Crippen LogP contribution is -2.58. The highest BCUT2D eigenvalue weighted by molar-refractivity contribution is 5.87. The van der Waals surface area contributed by atoms with Gasteiger partial charge in [-0.1, -0.05) is 103 Å². The first-order valence-corrected chi connectivity index (χ1v) is 26.6. The van der Waals surface area contributed by atoms with Gasteiger partial charge in [0.25, 0.3) is 5.91 Å². The van der Waals surface area contributed by atoms with Gasteiger partial charge in [-0.05, 0) is 103 Å². The minimum absolute atomic E-state index is 0.00451. The molecule has 0 fully saturated rings. The van der Waals surface area contributed by atoms with Gasteiger partial charge in [0.05, 0.1) is 0 Å². The van der Waals surface area contributed by atoms with E-state index in [2.05, 4.69) is 34.9 Å². The van der Waals surface area contributed by atoms with Crippen molar-refractivity contribution in [3.8, 4) is 0 Å². The van der Waals surface area contributed by atoms with Crippen LogP contribution in [-0.4, -0.2) is 137 Å². The van der Waals surface area contributed by atoms with E-state index in [-0.39, 0.29) is 19.3 Å². The molecule has 4 atom stereocenters. The molecule has 0 saturated heterocycles. The number of nitrogens with two attached hydrogens (primary N) is 2. The van der Waals surface area contributed by atoms with E-state index in [4.69, 9.17) is 11.5 Å². The monoisotopic (exact) mass is 1140 g/mol. The van der Waals surface area contributed by atoms with Crippen molar-refractivity contribution in [1.29, 1.82) is 0 Å². The average molecular weight is 1140 g/mol. The van der Waals surface area contributed by atoms with Crippen LogP contribution in [0.1, 0.15) is 167 Å². The van der Waals surface area contributed by atoms with E-state index in [9.17, 15) is 81.5 Å². The molecule has 0 heterocycles. The first kappa shape index (κ1) is 72.8. The normalized spacial score (nSPS) is 13.9. The Balaban J connectivity index is 4.68. The second-order valence-corrected chi connectivity index (χ2v) is 18.8. The number of nitrogens with one attached hydrogen (secondary N) is 4. The van der Waals surface area contributed by atoms with Crippen molar-refractivity contribution in [1.82, 2.24) is 21.3 Å². The number of carbonyl (C=O) groups is 6. The second-order valence-electron chi connectivity index (χ2n) is 18.8. The lowest BCUT2D eigenvalue weighted by molar-refractivity contribution is -0.245.